The van der Waals surface area contributed by atoms with Crippen molar-refractivity contribution in [2.75, 3.05) is 27.3 Å². The zero-order valence-electron chi connectivity index (χ0n) is 13.7. The Bertz CT molecular complexity index is 543. The quantitative estimate of drug-likeness (QED) is 0.640. The second kappa shape index (κ2) is 10.3. The van der Waals surface area contributed by atoms with E-state index in [1.807, 2.05) is 18.2 Å². The van der Waals surface area contributed by atoms with E-state index in [4.69, 9.17) is 9.47 Å². The molecule has 1 rings (SSSR count). The summed E-state index contributed by atoms with van der Waals surface area (Å²) in [5, 5.41) is 5.43. The van der Waals surface area contributed by atoms with Crippen LogP contribution in [0.2, 0.25) is 0 Å². The van der Waals surface area contributed by atoms with Crippen LogP contribution in [0, 0.1) is 0 Å². The van der Waals surface area contributed by atoms with Crippen LogP contribution in [0.15, 0.2) is 30.9 Å². The fourth-order valence-corrected chi connectivity index (χ4v) is 1.97. The maximum absolute atomic E-state index is 11.7. The minimum absolute atomic E-state index is 0.140. The Morgan fingerprint density at radius 3 is 2.35 bits per heavy atom. The van der Waals surface area contributed by atoms with Crippen molar-refractivity contribution in [1.82, 2.24) is 10.6 Å². The van der Waals surface area contributed by atoms with Crippen LogP contribution in [0.25, 0.3) is 0 Å². The van der Waals surface area contributed by atoms with E-state index >= 15 is 0 Å². The van der Waals surface area contributed by atoms with E-state index < -0.39 is 0 Å². The van der Waals surface area contributed by atoms with E-state index in [0.29, 0.717) is 31.0 Å². The van der Waals surface area contributed by atoms with Gasteiger partial charge in [-0.2, -0.15) is 0 Å². The molecule has 0 radical (unpaired) electrons. The van der Waals surface area contributed by atoms with E-state index in [1.165, 1.54) is 0 Å². The van der Waals surface area contributed by atoms with Gasteiger partial charge in [-0.15, -0.1) is 6.58 Å². The minimum Gasteiger partial charge on any atom is -0.493 e. The summed E-state index contributed by atoms with van der Waals surface area (Å²) in [5.41, 5.74) is 1.03. The fourth-order valence-electron chi connectivity index (χ4n) is 1.97. The van der Waals surface area contributed by atoms with Crippen LogP contribution in [-0.4, -0.2) is 39.1 Å². The highest BCUT2D eigenvalue weighted by molar-refractivity contribution is 5.83. The lowest BCUT2D eigenvalue weighted by molar-refractivity contribution is -0.126. The van der Waals surface area contributed by atoms with Gasteiger partial charge in [0.05, 0.1) is 14.2 Å². The molecule has 1 aromatic carbocycles. The largest absolute Gasteiger partial charge is 0.493 e. The van der Waals surface area contributed by atoms with E-state index in [2.05, 4.69) is 17.2 Å². The molecule has 0 aliphatic carbocycles. The highest BCUT2D eigenvalue weighted by Crippen LogP contribution is 2.27. The maximum atomic E-state index is 11.7. The standard InChI is InChI=1S/C17H24N2O4/c1-4-10-18-16(20)7-8-17(21)19-11-9-13-5-6-14(22-2)15(12-13)23-3/h4-6,12H,1,7-11H2,2-3H3,(H,18,20)(H,19,21). The third-order valence-corrected chi connectivity index (χ3v) is 3.21. The molecule has 6 nitrogen and oxygen atoms in total. The number of hydrogen-bond donors (Lipinski definition) is 2. The number of hydrogen-bond acceptors (Lipinski definition) is 4. The van der Waals surface area contributed by atoms with Gasteiger partial charge in [0.25, 0.3) is 0 Å². The van der Waals surface area contributed by atoms with Gasteiger partial charge in [-0.05, 0) is 24.1 Å². The van der Waals surface area contributed by atoms with E-state index in [-0.39, 0.29) is 24.7 Å². The molecule has 0 aromatic heterocycles. The van der Waals surface area contributed by atoms with Gasteiger partial charge in [-0.25, -0.2) is 0 Å². The van der Waals surface area contributed by atoms with Gasteiger partial charge in [0.1, 0.15) is 0 Å². The summed E-state index contributed by atoms with van der Waals surface area (Å²) in [5.74, 6) is 1.04. The summed E-state index contributed by atoms with van der Waals surface area (Å²) in [4.78, 5) is 23.0. The molecule has 0 saturated heterocycles. The first kappa shape index (κ1) is 18.5. The topological polar surface area (TPSA) is 76.7 Å². The molecule has 0 aliphatic rings. The van der Waals surface area contributed by atoms with Gasteiger partial charge in [-0.1, -0.05) is 12.1 Å². The number of nitrogens with one attached hydrogen (secondary N) is 2. The number of carbonyl (C=O) groups excluding carboxylic acids is 2. The minimum atomic E-state index is -0.153. The smallest absolute Gasteiger partial charge is 0.220 e. The Morgan fingerprint density at radius 2 is 1.74 bits per heavy atom. The zero-order valence-corrected chi connectivity index (χ0v) is 13.7. The SMILES string of the molecule is C=CCNC(=O)CCC(=O)NCCc1ccc(OC)c(OC)c1. The second-order valence-corrected chi connectivity index (χ2v) is 4.88. The Morgan fingerprint density at radius 1 is 1.09 bits per heavy atom. The van der Waals surface area contributed by atoms with Crippen LogP contribution in [0.3, 0.4) is 0 Å². The average Bonchev–Trinajstić information content (AvgIpc) is 2.57. The molecule has 0 saturated carbocycles. The van der Waals surface area contributed by atoms with Gasteiger partial charge >= 0.3 is 0 Å². The fraction of sp³-hybridized carbons (Fsp3) is 0.412. The third kappa shape index (κ3) is 6.86. The van der Waals surface area contributed by atoms with Crippen LogP contribution in [-0.2, 0) is 16.0 Å². The molecule has 0 aliphatic heterocycles. The van der Waals surface area contributed by atoms with Gasteiger partial charge in [-0.3, -0.25) is 9.59 Å². The average molecular weight is 320 g/mol. The summed E-state index contributed by atoms with van der Waals surface area (Å²) >= 11 is 0. The van der Waals surface area contributed by atoms with E-state index in [1.54, 1.807) is 20.3 Å². The van der Waals surface area contributed by atoms with Crippen molar-refractivity contribution >= 4 is 11.8 Å². The number of rotatable bonds is 10. The van der Waals surface area contributed by atoms with Crippen LogP contribution < -0.4 is 20.1 Å². The molecule has 0 bridgehead atoms. The highest BCUT2D eigenvalue weighted by Gasteiger charge is 2.07. The molecule has 2 amide bonds. The van der Waals surface area contributed by atoms with E-state index in [9.17, 15) is 9.59 Å². The first-order chi connectivity index (χ1) is 11.1. The lowest BCUT2D eigenvalue weighted by atomic mass is 10.1. The predicted molar refractivity (Wildman–Crippen MR) is 88.7 cm³/mol. The number of benzene rings is 1. The van der Waals surface area contributed by atoms with Crippen molar-refractivity contribution in [2.45, 2.75) is 19.3 Å². The molecule has 23 heavy (non-hydrogen) atoms. The Balaban J connectivity index is 2.32. The van der Waals surface area contributed by atoms with Crippen LogP contribution >= 0.6 is 0 Å². The Kier molecular flexibility index (Phi) is 8.28. The molecule has 0 heterocycles. The number of amides is 2. The monoisotopic (exact) mass is 320 g/mol. The Labute approximate surface area is 136 Å². The summed E-state index contributed by atoms with van der Waals surface area (Å²) < 4.78 is 10.4. The predicted octanol–water partition coefficient (Wildman–Crippen LogP) is 1.44. The van der Waals surface area contributed by atoms with Crippen molar-refractivity contribution in [3.63, 3.8) is 0 Å². The molecule has 126 valence electrons. The lowest BCUT2D eigenvalue weighted by Crippen LogP contribution is -2.29. The molecule has 0 spiro atoms. The zero-order chi connectivity index (χ0) is 17.1. The lowest BCUT2D eigenvalue weighted by Gasteiger charge is -2.10. The molecule has 0 unspecified atom stereocenters. The summed E-state index contributed by atoms with van der Waals surface area (Å²) in [6.45, 7) is 4.43. The molecule has 6 heteroatoms. The molecule has 1 aromatic rings. The summed E-state index contributed by atoms with van der Waals surface area (Å²) in [6.07, 6.45) is 2.63. The van der Waals surface area contributed by atoms with Crippen molar-refractivity contribution < 1.29 is 19.1 Å². The number of methoxy groups -OCH3 is 2. The first-order valence-electron chi connectivity index (χ1n) is 7.46. The number of carbonyl (C=O) groups is 2. The van der Waals surface area contributed by atoms with E-state index in [0.717, 1.165) is 5.56 Å². The Hall–Kier alpha value is -2.50. The van der Waals surface area contributed by atoms with Crippen molar-refractivity contribution in [3.05, 3.63) is 36.4 Å². The van der Waals surface area contributed by atoms with Crippen LogP contribution in [0.1, 0.15) is 18.4 Å². The van der Waals surface area contributed by atoms with Gasteiger partial charge < -0.3 is 20.1 Å². The highest BCUT2D eigenvalue weighted by atomic mass is 16.5. The normalized spacial score (nSPS) is 9.83. The third-order valence-electron chi connectivity index (χ3n) is 3.21. The summed E-state index contributed by atoms with van der Waals surface area (Å²) in [7, 11) is 3.17. The second-order valence-electron chi connectivity index (χ2n) is 4.88. The van der Waals surface area contributed by atoms with Crippen LogP contribution in [0.4, 0.5) is 0 Å². The summed E-state index contributed by atoms with van der Waals surface area (Å²) in [6, 6.07) is 5.64. The molecular weight excluding hydrogens is 296 g/mol. The maximum Gasteiger partial charge on any atom is 0.220 e. The number of ether oxygens (including phenoxy) is 2. The van der Waals surface area contributed by atoms with Gasteiger partial charge in [0.15, 0.2) is 11.5 Å². The van der Waals surface area contributed by atoms with Crippen molar-refractivity contribution in [2.24, 2.45) is 0 Å². The first-order valence-corrected chi connectivity index (χ1v) is 7.46. The van der Waals surface area contributed by atoms with Crippen molar-refractivity contribution in [1.29, 1.82) is 0 Å². The molecule has 2 N–H and O–H groups in total. The van der Waals surface area contributed by atoms with Gasteiger partial charge in [0, 0.05) is 25.9 Å². The molecular formula is C17H24N2O4. The van der Waals surface area contributed by atoms with Crippen LogP contribution in [0.5, 0.6) is 11.5 Å². The molecule has 0 fully saturated rings. The molecule has 0 atom stereocenters. The van der Waals surface area contributed by atoms with Crippen molar-refractivity contribution in [3.8, 4) is 11.5 Å². The van der Waals surface area contributed by atoms with Gasteiger partial charge in [0.2, 0.25) is 11.8 Å².